The van der Waals surface area contributed by atoms with Gasteiger partial charge in [0.15, 0.2) is 0 Å². The molecule has 0 aliphatic carbocycles. The molecule has 42 heavy (non-hydrogen) atoms. The van der Waals surface area contributed by atoms with E-state index in [0.717, 1.165) is 38.6 Å². The zero-order chi connectivity index (χ0) is 27.6. The monoisotopic (exact) mass is 554 g/mol. The number of benzene rings is 6. The first-order valence-electron chi connectivity index (χ1n) is 14.0. The van der Waals surface area contributed by atoms with Crippen LogP contribution in [-0.2, 0) is 0 Å². The van der Waals surface area contributed by atoms with Crippen molar-refractivity contribution in [2.24, 2.45) is 0 Å². The molecule has 9 rings (SSSR count). The van der Waals surface area contributed by atoms with E-state index in [4.69, 9.17) is 14.4 Å². The van der Waals surface area contributed by atoms with Crippen molar-refractivity contribution >= 4 is 64.7 Å². The van der Waals surface area contributed by atoms with Gasteiger partial charge in [-0.15, -0.1) is 11.3 Å². The molecular weight excluding hydrogens is 532 g/mol. The van der Waals surface area contributed by atoms with Gasteiger partial charge in [-0.3, -0.25) is 0 Å². The van der Waals surface area contributed by atoms with Crippen LogP contribution in [0.1, 0.15) is 0 Å². The predicted octanol–water partition coefficient (Wildman–Crippen LogP) is 10.9. The van der Waals surface area contributed by atoms with E-state index < -0.39 is 0 Å². The number of aromatic nitrogens is 2. The van der Waals surface area contributed by atoms with Crippen LogP contribution in [0.25, 0.3) is 86.8 Å². The summed E-state index contributed by atoms with van der Waals surface area (Å²) >= 11 is 1.87. The van der Waals surface area contributed by atoms with Gasteiger partial charge in [0.2, 0.25) is 5.71 Å². The first kappa shape index (κ1) is 23.4. The summed E-state index contributed by atoms with van der Waals surface area (Å²) in [5, 5.41) is 3.63. The van der Waals surface area contributed by atoms with Gasteiger partial charge in [-0.25, -0.2) is 9.97 Å². The second-order valence-electron chi connectivity index (χ2n) is 10.6. The minimum atomic E-state index is 0.570. The van der Waals surface area contributed by atoms with Gasteiger partial charge in [0.05, 0.1) is 11.0 Å². The molecule has 9 aromatic rings. The topological polar surface area (TPSA) is 38.9 Å². The summed E-state index contributed by atoms with van der Waals surface area (Å²) in [5.41, 5.74) is 11.0. The zero-order valence-corrected chi connectivity index (χ0v) is 23.2. The van der Waals surface area contributed by atoms with E-state index in [1.165, 1.54) is 42.4 Å². The summed E-state index contributed by atoms with van der Waals surface area (Å²) in [6.45, 7) is 0. The van der Waals surface area contributed by atoms with Crippen molar-refractivity contribution in [1.29, 1.82) is 0 Å². The first-order valence-corrected chi connectivity index (χ1v) is 14.8. The molecule has 3 aromatic heterocycles. The van der Waals surface area contributed by atoms with Crippen LogP contribution in [-0.4, -0.2) is 9.97 Å². The van der Waals surface area contributed by atoms with Crippen molar-refractivity contribution in [2.45, 2.75) is 0 Å². The van der Waals surface area contributed by atoms with Gasteiger partial charge >= 0.3 is 0 Å². The third-order valence-electron chi connectivity index (χ3n) is 8.11. The minimum absolute atomic E-state index is 0.570. The molecule has 0 radical (unpaired) electrons. The van der Waals surface area contributed by atoms with Gasteiger partial charge in [0, 0.05) is 25.6 Å². The van der Waals surface area contributed by atoms with E-state index in [1.54, 1.807) is 0 Å². The van der Waals surface area contributed by atoms with Crippen LogP contribution >= 0.6 is 11.3 Å². The van der Waals surface area contributed by atoms with Crippen molar-refractivity contribution in [1.82, 2.24) is 9.97 Å². The van der Waals surface area contributed by atoms with Gasteiger partial charge in [-0.2, -0.15) is 0 Å². The Morgan fingerprint density at radius 1 is 0.476 bits per heavy atom. The number of furan rings is 1. The lowest BCUT2D eigenvalue weighted by atomic mass is 9.96. The fourth-order valence-electron chi connectivity index (χ4n) is 6.01. The number of nitrogens with zero attached hydrogens (tertiary/aromatic N) is 2. The standard InChI is InChI=1S/C38H22N2OS/c1-4-14-35-29(9-1)30-11-6-10-28(37(30)42-35)24-17-15-23(16-18-24)25-7-5-8-26(21-25)27-19-20-34-31(22-27)36-38(41-34)40-33-13-3-2-12-32(33)39-36/h1-22H. The molecule has 0 unspecified atom stereocenters. The second-order valence-corrected chi connectivity index (χ2v) is 11.7. The number of fused-ring (bicyclic) bond motifs is 7. The van der Waals surface area contributed by atoms with Gasteiger partial charge in [-0.05, 0) is 69.8 Å². The highest BCUT2D eigenvalue weighted by molar-refractivity contribution is 7.26. The molecule has 0 aliphatic rings. The second kappa shape index (κ2) is 9.10. The van der Waals surface area contributed by atoms with Crippen LogP contribution in [0.4, 0.5) is 0 Å². The maximum Gasteiger partial charge on any atom is 0.246 e. The first-order chi connectivity index (χ1) is 20.8. The fraction of sp³-hybridized carbons (Fsp3) is 0. The highest BCUT2D eigenvalue weighted by Gasteiger charge is 2.14. The third kappa shape index (κ3) is 3.66. The molecule has 0 fully saturated rings. The molecule has 196 valence electrons. The van der Waals surface area contributed by atoms with E-state index in [9.17, 15) is 0 Å². The molecule has 3 nitrogen and oxygen atoms in total. The van der Waals surface area contributed by atoms with E-state index in [0.29, 0.717) is 5.71 Å². The number of rotatable bonds is 3. The van der Waals surface area contributed by atoms with Gasteiger partial charge in [0.25, 0.3) is 0 Å². The lowest BCUT2D eigenvalue weighted by molar-refractivity contribution is 0.655. The molecule has 0 saturated carbocycles. The van der Waals surface area contributed by atoms with Gasteiger partial charge in [-0.1, -0.05) is 97.1 Å². The lowest BCUT2D eigenvalue weighted by Gasteiger charge is -2.08. The Balaban J connectivity index is 1.09. The Kier molecular flexibility index (Phi) is 5.07. The van der Waals surface area contributed by atoms with Crippen molar-refractivity contribution in [3.63, 3.8) is 0 Å². The Bertz CT molecular complexity index is 2470. The molecular formula is C38H22N2OS. The summed E-state index contributed by atoms with van der Waals surface area (Å²) in [5.74, 6) is 0. The molecule has 4 heteroatoms. The summed E-state index contributed by atoms with van der Waals surface area (Å²) < 4.78 is 8.73. The Morgan fingerprint density at radius 3 is 2.02 bits per heavy atom. The van der Waals surface area contributed by atoms with E-state index in [1.807, 2.05) is 41.7 Å². The van der Waals surface area contributed by atoms with Crippen LogP contribution in [0.5, 0.6) is 0 Å². The number of thiophene rings is 1. The maximum atomic E-state index is 6.06. The van der Waals surface area contributed by atoms with Crippen LogP contribution in [0.15, 0.2) is 138 Å². The molecule has 0 spiro atoms. The summed E-state index contributed by atoms with van der Waals surface area (Å²) in [7, 11) is 0. The summed E-state index contributed by atoms with van der Waals surface area (Å²) in [6.07, 6.45) is 0. The van der Waals surface area contributed by atoms with E-state index >= 15 is 0 Å². The Labute approximate surface area is 245 Å². The molecule has 3 heterocycles. The molecule has 0 N–H and O–H groups in total. The third-order valence-corrected chi connectivity index (χ3v) is 9.33. The number of hydrogen-bond donors (Lipinski definition) is 0. The Hall–Kier alpha value is -5.32. The number of hydrogen-bond acceptors (Lipinski definition) is 4. The van der Waals surface area contributed by atoms with E-state index in [-0.39, 0.29) is 0 Å². The number of para-hydroxylation sites is 2. The fourth-order valence-corrected chi connectivity index (χ4v) is 7.25. The smallest absolute Gasteiger partial charge is 0.246 e. The molecule has 0 aliphatic heterocycles. The minimum Gasteiger partial charge on any atom is -0.436 e. The van der Waals surface area contributed by atoms with Crippen LogP contribution in [0, 0.1) is 0 Å². The average Bonchev–Trinajstić information content (AvgIpc) is 3.61. The van der Waals surface area contributed by atoms with Crippen molar-refractivity contribution in [2.75, 3.05) is 0 Å². The van der Waals surface area contributed by atoms with Gasteiger partial charge in [0.1, 0.15) is 11.1 Å². The Morgan fingerprint density at radius 2 is 1.14 bits per heavy atom. The van der Waals surface area contributed by atoms with Crippen molar-refractivity contribution in [3.8, 4) is 33.4 Å². The van der Waals surface area contributed by atoms with Gasteiger partial charge < -0.3 is 4.42 Å². The van der Waals surface area contributed by atoms with E-state index in [2.05, 4.69) is 103 Å². The van der Waals surface area contributed by atoms with Crippen LogP contribution in [0.3, 0.4) is 0 Å². The van der Waals surface area contributed by atoms with Crippen molar-refractivity contribution in [3.05, 3.63) is 133 Å². The summed E-state index contributed by atoms with van der Waals surface area (Å²) in [4.78, 5) is 9.57. The molecule has 6 aromatic carbocycles. The zero-order valence-electron chi connectivity index (χ0n) is 22.4. The normalized spacial score (nSPS) is 11.8. The van der Waals surface area contributed by atoms with Crippen molar-refractivity contribution < 1.29 is 4.42 Å². The summed E-state index contributed by atoms with van der Waals surface area (Å²) in [6, 6.07) is 47.2. The lowest BCUT2D eigenvalue weighted by Crippen LogP contribution is -1.84. The SMILES string of the molecule is c1cc(-c2ccc(-c3cccc4c3sc3ccccc34)cc2)cc(-c2ccc3oc4nc5ccccc5nc4c3c2)c1. The predicted molar refractivity (Wildman–Crippen MR) is 176 cm³/mol. The largest absolute Gasteiger partial charge is 0.436 e. The average molecular weight is 555 g/mol. The molecule has 0 bridgehead atoms. The maximum absolute atomic E-state index is 6.06. The highest BCUT2D eigenvalue weighted by Crippen LogP contribution is 2.40. The molecule has 0 amide bonds. The van der Waals surface area contributed by atoms with Crippen LogP contribution < -0.4 is 0 Å². The quantitative estimate of drug-likeness (QED) is 0.218. The highest BCUT2D eigenvalue weighted by atomic mass is 32.1. The van der Waals surface area contributed by atoms with Crippen LogP contribution in [0.2, 0.25) is 0 Å². The molecule has 0 saturated heterocycles. The molecule has 0 atom stereocenters.